The smallest absolute Gasteiger partial charge is 0.289 e. The lowest BCUT2D eigenvalue weighted by atomic mass is 9.96. The third-order valence-electron chi connectivity index (χ3n) is 5.80. The molecule has 1 aromatic carbocycles. The summed E-state index contributed by atoms with van der Waals surface area (Å²) in [6.07, 6.45) is 2.31. The van der Waals surface area contributed by atoms with Gasteiger partial charge in [-0.2, -0.15) is 0 Å². The van der Waals surface area contributed by atoms with Gasteiger partial charge in [-0.3, -0.25) is 19.3 Å². The van der Waals surface area contributed by atoms with E-state index in [1.807, 2.05) is 19.9 Å². The van der Waals surface area contributed by atoms with Crippen LogP contribution in [0.15, 0.2) is 53.1 Å². The summed E-state index contributed by atoms with van der Waals surface area (Å²) in [4.78, 5) is 42.3. The minimum Gasteiger partial charge on any atom is -0.459 e. The average Bonchev–Trinajstić information content (AvgIpc) is 3.42. The lowest BCUT2D eigenvalue weighted by Crippen LogP contribution is -2.60. The van der Waals surface area contributed by atoms with Gasteiger partial charge >= 0.3 is 0 Å². The predicted molar refractivity (Wildman–Crippen MR) is 112 cm³/mol. The topological polar surface area (TPSA) is 92.1 Å². The molecule has 8 heteroatoms. The van der Waals surface area contributed by atoms with Gasteiger partial charge in [0.05, 0.1) is 12.9 Å². The molecule has 4 rings (SSSR count). The van der Waals surface area contributed by atoms with E-state index in [1.54, 1.807) is 46.2 Å². The third kappa shape index (κ3) is 4.07. The highest BCUT2D eigenvalue weighted by molar-refractivity contribution is 5.98. The van der Waals surface area contributed by atoms with Crippen molar-refractivity contribution in [3.05, 3.63) is 60.1 Å². The fraction of sp³-hybridized carbons (Fsp3) is 0.435. The van der Waals surface area contributed by atoms with Crippen LogP contribution in [-0.2, 0) is 9.53 Å². The van der Waals surface area contributed by atoms with Gasteiger partial charge in [0.1, 0.15) is 11.8 Å². The van der Waals surface area contributed by atoms with Gasteiger partial charge in [0.2, 0.25) is 5.91 Å². The van der Waals surface area contributed by atoms with Crippen molar-refractivity contribution in [3.63, 3.8) is 0 Å². The average molecular weight is 425 g/mol. The van der Waals surface area contributed by atoms with E-state index in [4.69, 9.17) is 9.15 Å². The molecule has 164 valence electrons. The maximum atomic E-state index is 13.5. The van der Waals surface area contributed by atoms with Gasteiger partial charge in [0, 0.05) is 37.5 Å². The Morgan fingerprint density at radius 2 is 1.74 bits per heavy atom. The lowest BCUT2D eigenvalue weighted by molar-refractivity contribution is -0.128. The molecule has 0 radical (unpaired) electrons. The maximum absolute atomic E-state index is 13.5. The van der Waals surface area contributed by atoms with Crippen LogP contribution in [0.1, 0.15) is 47.6 Å². The molecule has 31 heavy (non-hydrogen) atoms. The number of ether oxygens (including phenoxy) is 1. The Balaban J connectivity index is 1.58. The summed E-state index contributed by atoms with van der Waals surface area (Å²) >= 11 is 0. The Bertz CT molecular complexity index is 933. The van der Waals surface area contributed by atoms with Crippen LogP contribution in [0.4, 0.5) is 0 Å². The van der Waals surface area contributed by atoms with Crippen LogP contribution < -0.4 is 5.32 Å². The zero-order valence-corrected chi connectivity index (χ0v) is 17.7. The number of likely N-dealkylation sites (tertiary alicyclic amines) is 1. The minimum absolute atomic E-state index is 0.0505. The summed E-state index contributed by atoms with van der Waals surface area (Å²) in [5.74, 6) is -0.374. The zero-order valence-electron chi connectivity index (χ0n) is 17.7. The van der Waals surface area contributed by atoms with E-state index in [-0.39, 0.29) is 36.1 Å². The molecule has 0 saturated carbocycles. The molecule has 2 fully saturated rings. The molecule has 1 N–H and O–H groups in total. The summed E-state index contributed by atoms with van der Waals surface area (Å²) < 4.78 is 11.4. The second kappa shape index (κ2) is 8.55. The van der Waals surface area contributed by atoms with Crippen LogP contribution in [0.2, 0.25) is 0 Å². The summed E-state index contributed by atoms with van der Waals surface area (Å²) in [5, 5.41) is 2.90. The Morgan fingerprint density at radius 3 is 2.35 bits per heavy atom. The first-order chi connectivity index (χ1) is 14.9. The molecular weight excluding hydrogens is 398 g/mol. The van der Waals surface area contributed by atoms with Crippen molar-refractivity contribution in [3.8, 4) is 0 Å². The first-order valence-electron chi connectivity index (χ1n) is 10.6. The molecule has 0 bridgehead atoms. The van der Waals surface area contributed by atoms with E-state index in [9.17, 15) is 14.4 Å². The quantitative estimate of drug-likeness (QED) is 0.811. The van der Waals surface area contributed by atoms with Gasteiger partial charge in [-0.25, -0.2) is 0 Å². The van der Waals surface area contributed by atoms with Crippen molar-refractivity contribution in [2.45, 2.75) is 44.5 Å². The van der Waals surface area contributed by atoms with Crippen LogP contribution in [0.5, 0.6) is 0 Å². The number of nitrogens with zero attached hydrogens (tertiary/aromatic N) is 2. The Morgan fingerprint density at radius 1 is 1.03 bits per heavy atom. The molecule has 1 aromatic heterocycles. The van der Waals surface area contributed by atoms with E-state index in [0.717, 1.165) is 0 Å². The predicted octanol–water partition coefficient (Wildman–Crippen LogP) is 2.28. The van der Waals surface area contributed by atoms with Crippen molar-refractivity contribution in [2.75, 3.05) is 19.7 Å². The monoisotopic (exact) mass is 425 g/mol. The highest BCUT2D eigenvalue weighted by Gasteiger charge is 2.54. The molecule has 0 aliphatic carbocycles. The second-order valence-electron chi connectivity index (χ2n) is 8.25. The van der Waals surface area contributed by atoms with Crippen LogP contribution in [0.25, 0.3) is 0 Å². The van der Waals surface area contributed by atoms with Gasteiger partial charge < -0.3 is 19.4 Å². The SMILES string of the molecule is CC(C)NC(=O)[C@@H]1COC2(CCN(C(=O)c3ccco3)CC2)N1C(=O)c1ccccc1. The Hall–Kier alpha value is -3.13. The molecule has 1 spiro atoms. The Kier molecular flexibility index (Phi) is 5.82. The molecular formula is C23H27N3O5. The molecule has 1 atom stereocenters. The van der Waals surface area contributed by atoms with Gasteiger partial charge in [-0.1, -0.05) is 18.2 Å². The molecule has 2 saturated heterocycles. The van der Waals surface area contributed by atoms with E-state index >= 15 is 0 Å². The zero-order chi connectivity index (χ0) is 22.0. The first kappa shape index (κ1) is 21.1. The molecule has 2 aromatic rings. The molecule has 2 aliphatic heterocycles. The fourth-order valence-corrected chi connectivity index (χ4v) is 4.28. The molecule has 3 amide bonds. The lowest BCUT2D eigenvalue weighted by Gasteiger charge is -2.44. The normalized spacial score (nSPS) is 20.3. The van der Waals surface area contributed by atoms with Crippen LogP contribution in [0, 0.1) is 0 Å². The summed E-state index contributed by atoms with van der Waals surface area (Å²) in [5.41, 5.74) is -0.421. The number of piperidine rings is 1. The van der Waals surface area contributed by atoms with Crippen molar-refractivity contribution in [2.24, 2.45) is 0 Å². The van der Waals surface area contributed by atoms with Gasteiger partial charge in [-0.05, 0) is 38.1 Å². The summed E-state index contributed by atoms with van der Waals surface area (Å²) in [6.45, 7) is 4.69. The molecule has 0 unspecified atom stereocenters. The van der Waals surface area contributed by atoms with Crippen LogP contribution in [-0.4, -0.2) is 65.0 Å². The number of amides is 3. The van der Waals surface area contributed by atoms with E-state index in [0.29, 0.717) is 31.5 Å². The highest BCUT2D eigenvalue weighted by Crippen LogP contribution is 2.38. The van der Waals surface area contributed by atoms with E-state index < -0.39 is 11.8 Å². The number of benzene rings is 1. The number of nitrogens with one attached hydrogen (secondary N) is 1. The second-order valence-corrected chi connectivity index (χ2v) is 8.25. The molecule has 2 aliphatic rings. The van der Waals surface area contributed by atoms with Gasteiger partial charge in [0.25, 0.3) is 11.8 Å². The maximum Gasteiger partial charge on any atom is 0.289 e. The van der Waals surface area contributed by atoms with E-state index in [1.165, 1.54) is 6.26 Å². The first-order valence-corrected chi connectivity index (χ1v) is 10.6. The number of carbonyl (C=O) groups is 3. The number of carbonyl (C=O) groups excluding carboxylic acids is 3. The molecule has 3 heterocycles. The standard InChI is InChI=1S/C23H27N3O5/c1-16(2)24-20(27)18-15-31-23(26(18)21(28)17-7-4-3-5-8-17)10-12-25(13-11-23)22(29)19-9-6-14-30-19/h3-9,14,16,18H,10-13,15H2,1-2H3,(H,24,27)/t18-/m0/s1. The largest absolute Gasteiger partial charge is 0.459 e. The van der Waals surface area contributed by atoms with Crippen molar-refractivity contribution < 1.29 is 23.5 Å². The van der Waals surface area contributed by atoms with E-state index in [2.05, 4.69) is 5.32 Å². The summed E-state index contributed by atoms with van der Waals surface area (Å²) in [7, 11) is 0. The van der Waals surface area contributed by atoms with Gasteiger partial charge in [0.15, 0.2) is 5.76 Å². The number of hydrogen-bond donors (Lipinski definition) is 1. The minimum atomic E-state index is -0.925. The van der Waals surface area contributed by atoms with Crippen molar-refractivity contribution in [1.29, 1.82) is 0 Å². The van der Waals surface area contributed by atoms with Crippen LogP contribution in [0.3, 0.4) is 0 Å². The fourth-order valence-electron chi connectivity index (χ4n) is 4.28. The van der Waals surface area contributed by atoms with Crippen LogP contribution >= 0.6 is 0 Å². The Labute approximate surface area is 181 Å². The van der Waals surface area contributed by atoms with Gasteiger partial charge in [-0.15, -0.1) is 0 Å². The molecule has 8 nitrogen and oxygen atoms in total. The number of furan rings is 1. The summed E-state index contributed by atoms with van der Waals surface area (Å²) in [6, 6.07) is 11.5. The van der Waals surface area contributed by atoms with Crippen molar-refractivity contribution >= 4 is 17.7 Å². The number of rotatable bonds is 4. The highest BCUT2D eigenvalue weighted by atomic mass is 16.5. The van der Waals surface area contributed by atoms with Crippen molar-refractivity contribution in [1.82, 2.24) is 15.1 Å². The third-order valence-corrected chi connectivity index (χ3v) is 5.80. The number of hydrogen-bond acceptors (Lipinski definition) is 5.